The molecule has 1 fully saturated rings. The summed E-state index contributed by atoms with van der Waals surface area (Å²) in [4.78, 5) is 15.2. The van der Waals surface area contributed by atoms with Crippen molar-refractivity contribution in [2.24, 2.45) is 0 Å². The average Bonchev–Trinajstić information content (AvgIpc) is 2.73. The summed E-state index contributed by atoms with van der Waals surface area (Å²) < 4.78 is 26.0. The molecule has 2 aromatic rings. The van der Waals surface area contributed by atoms with Gasteiger partial charge in [0, 0.05) is 13.1 Å². The lowest BCUT2D eigenvalue weighted by molar-refractivity contribution is -0.122. The van der Waals surface area contributed by atoms with Gasteiger partial charge in [0.25, 0.3) is 0 Å². The fourth-order valence-electron chi connectivity index (χ4n) is 4.05. The van der Waals surface area contributed by atoms with Gasteiger partial charge < -0.3 is 5.32 Å². The van der Waals surface area contributed by atoms with Crippen molar-refractivity contribution in [3.05, 3.63) is 65.2 Å². The number of amides is 1. The predicted molar refractivity (Wildman–Crippen MR) is 125 cm³/mol. The van der Waals surface area contributed by atoms with Crippen molar-refractivity contribution in [1.29, 1.82) is 0 Å². The Balaban J connectivity index is 1.60. The number of anilines is 1. The minimum Gasteiger partial charge on any atom is -0.350 e. The third kappa shape index (κ3) is 6.55. The first-order chi connectivity index (χ1) is 14.7. The quantitative estimate of drug-likeness (QED) is 0.678. The van der Waals surface area contributed by atoms with Crippen molar-refractivity contribution in [1.82, 2.24) is 10.2 Å². The molecule has 0 aromatic heterocycles. The maximum absolute atomic E-state index is 12.8. The Kier molecular flexibility index (Phi) is 7.73. The Morgan fingerprint density at radius 2 is 1.71 bits per heavy atom. The zero-order valence-corrected chi connectivity index (χ0v) is 19.5. The van der Waals surface area contributed by atoms with Crippen LogP contribution < -0.4 is 9.62 Å². The molecule has 31 heavy (non-hydrogen) atoms. The van der Waals surface area contributed by atoms with Crippen molar-refractivity contribution in [2.45, 2.75) is 52.2 Å². The zero-order chi connectivity index (χ0) is 22.4. The van der Waals surface area contributed by atoms with E-state index in [-0.39, 0.29) is 5.91 Å². The summed E-state index contributed by atoms with van der Waals surface area (Å²) in [5.74, 6) is -0.329. The van der Waals surface area contributed by atoms with Gasteiger partial charge in [-0.25, -0.2) is 8.42 Å². The zero-order valence-electron chi connectivity index (χ0n) is 18.7. The lowest BCUT2D eigenvalue weighted by atomic mass is 10.1. The number of hydrogen-bond acceptors (Lipinski definition) is 4. The highest BCUT2D eigenvalue weighted by Gasteiger charge is 2.29. The summed E-state index contributed by atoms with van der Waals surface area (Å²) in [5, 5.41) is 2.88. The molecule has 6 nitrogen and oxygen atoms in total. The van der Waals surface area contributed by atoms with Crippen LogP contribution in [0.1, 0.15) is 42.9 Å². The number of nitrogens with one attached hydrogen (secondary N) is 1. The minimum absolute atomic E-state index is 0.329. The Labute approximate surface area is 186 Å². The lowest BCUT2D eigenvalue weighted by Gasteiger charge is -2.28. The second-order valence-corrected chi connectivity index (χ2v) is 10.3. The van der Waals surface area contributed by atoms with Gasteiger partial charge in [-0.1, -0.05) is 42.8 Å². The van der Waals surface area contributed by atoms with E-state index in [1.54, 1.807) is 25.1 Å². The van der Waals surface area contributed by atoms with Crippen molar-refractivity contribution in [2.75, 3.05) is 23.7 Å². The summed E-state index contributed by atoms with van der Waals surface area (Å²) in [6.45, 7) is 7.15. The fourth-order valence-corrected chi connectivity index (χ4v) is 5.22. The second kappa shape index (κ2) is 10.3. The van der Waals surface area contributed by atoms with Crippen LogP contribution in [0.5, 0.6) is 0 Å². The summed E-state index contributed by atoms with van der Waals surface area (Å²) in [5.41, 5.74) is 3.69. The van der Waals surface area contributed by atoms with Gasteiger partial charge >= 0.3 is 0 Å². The predicted octanol–water partition coefficient (Wildman–Crippen LogP) is 3.45. The lowest BCUT2D eigenvalue weighted by Crippen LogP contribution is -2.47. The third-order valence-electron chi connectivity index (χ3n) is 5.69. The normalized spacial score (nSPS) is 16.0. The van der Waals surface area contributed by atoms with Crippen molar-refractivity contribution >= 4 is 21.6 Å². The molecule has 7 heteroatoms. The third-order valence-corrected chi connectivity index (χ3v) is 6.93. The molecular weight excluding hydrogens is 410 g/mol. The summed E-state index contributed by atoms with van der Waals surface area (Å²) in [7, 11) is -3.61. The number of likely N-dealkylation sites (tertiary alicyclic amines) is 1. The number of nitrogens with zero attached hydrogens (tertiary/aromatic N) is 2. The van der Waals surface area contributed by atoms with E-state index < -0.39 is 16.1 Å². The topological polar surface area (TPSA) is 69.7 Å². The number of piperidine rings is 1. The number of benzene rings is 2. The molecule has 3 rings (SSSR count). The van der Waals surface area contributed by atoms with Crippen molar-refractivity contribution < 1.29 is 13.2 Å². The van der Waals surface area contributed by atoms with E-state index in [0.717, 1.165) is 37.0 Å². The largest absolute Gasteiger partial charge is 0.350 e. The number of carbonyl (C=O) groups is 1. The molecule has 0 aliphatic carbocycles. The Bertz CT molecular complexity index is 983. The van der Waals surface area contributed by atoms with Crippen LogP contribution in [0.3, 0.4) is 0 Å². The van der Waals surface area contributed by atoms with E-state index in [4.69, 9.17) is 0 Å². The van der Waals surface area contributed by atoms with Crippen LogP contribution in [0, 0.1) is 6.92 Å². The molecule has 0 radical (unpaired) electrons. The maximum atomic E-state index is 12.8. The van der Waals surface area contributed by atoms with E-state index >= 15 is 0 Å². The molecule has 0 unspecified atom stereocenters. The van der Waals surface area contributed by atoms with E-state index in [9.17, 15) is 13.2 Å². The van der Waals surface area contributed by atoms with Crippen molar-refractivity contribution in [3.8, 4) is 0 Å². The standard InChI is InChI=1S/C24H33N3O3S/c1-19-8-7-9-23(16-19)27(31(3,29)30)20(2)24(28)25-17-21-10-12-22(13-11-21)18-26-14-5-4-6-15-26/h7-13,16,20H,4-6,14-15,17-18H2,1-3H3,(H,25,28)/t20-/m0/s1. The molecule has 0 bridgehead atoms. The highest BCUT2D eigenvalue weighted by molar-refractivity contribution is 7.92. The highest BCUT2D eigenvalue weighted by atomic mass is 32.2. The molecule has 168 valence electrons. The monoisotopic (exact) mass is 443 g/mol. The molecule has 0 saturated carbocycles. The Hall–Kier alpha value is -2.38. The molecule has 1 saturated heterocycles. The molecule has 1 aliphatic heterocycles. The van der Waals surface area contributed by atoms with E-state index in [1.165, 1.54) is 29.1 Å². The fraction of sp³-hybridized carbons (Fsp3) is 0.458. The summed E-state index contributed by atoms with van der Waals surface area (Å²) in [6, 6.07) is 14.6. The van der Waals surface area contributed by atoms with E-state index in [2.05, 4.69) is 22.3 Å². The molecule has 1 aliphatic rings. The maximum Gasteiger partial charge on any atom is 0.243 e. The number of carbonyl (C=O) groups excluding carboxylic acids is 1. The number of rotatable bonds is 8. The first-order valence-electron chi connectivity index (χ1n) is 10.9. The molecule has 0 spiro atoms. The second-order valence-electron chi connectivity index (χ2n) is 8.44. The summed E-state index contributed by atoms with van der Waals surface area (Å²) in [6.07, 6.45) is 5.00. The summed E-state index contributed by atoms with van der Waals surface area (Å²) >= 11 is 0. The van der Waals surface area contributed by atoms with E-state index in [0.29, 0.717) is 12.2 Å². The molecule has 1 amide bonds. The van der Waals surface area contributed by atoms with Crippen LogP contribution in [0.2, 0.25) is 0 Å². The molecule has 1 heterocycles. The molecule has 2 aromatic carbocycles. The SMILES string of the molecule is Cc1cccc(N([C@@H](C)C(=O)NCc2ccc(CN3CCCCC3)cc2)S(C)(=O)=O)c1. The van der Waals surface area contributed by atoms with Crippen LogP contribution in [-0.2, 0) is 27.9 Å². The average molecular weight is 444 g/mol. The number of hydrogen-bond donors (Lipinski definition) is 1. The van der Waals surface area contributed by atoms with Gasteiger partial charge in [-0.3, -0.25) is 14.0 Å². The van der Waals surface area contributed by atoms with Gasteiger partial charge in [0.05, 0.1) is 11.9 Å². The first kappa shape index (κ1) is 23.3. The molecular formula is C24H33N3O3S. The van der Waals surface area contributed by atoms with Gasteiger partial charge in [0.2, 0.25) is 15.9 Å². The van der Waals surface area contributed by atoms with Crippen LogP contribution >= 0.6 is 0 Å². The molecule has 1 N–H and O–H groups in total. The van der Waals surface area contributed by atoms with Crippen LogP contribution in [0.4, 0.5) is 5.69 Å². The van der Waals surface area contributed by atoms with Gasteiger partial charge in [-0.05, 0) is 68.6 Å². The first-order valence-corrected chi connectivity index (χ1v) is 12.7. The Morgan fingerprint density at radius 3 is 2.32 bits per heavy atom. The smallest absolute Gasteiger partial charge is 0.243 e. The number of sulfonamides is 1. The van der Waals surface area contributed by atoms with Crippen LogP contribution in [0.25, 0.3) is 0 Å². The number of aryl methyl sites for hydroxylation is 1. The van der Waals surface area contributed by atoms with Gasteiger partial charge in [0.15, 0.2) is 0 Å². The van der Waals surface area contributed by atoms with Crippen LogP contribution in [0.15, 0.2) is 48.5 Å². The highest BCUT2D eigenvalue weighted by Crippen LogP contribution is 2.22. The van der Waals surface area contributed by atoms with Gasteiger partial charge in [-0.15, -0.1) is 0 Å². The Morgan fingerprint density at radius 1 is 1.06 bits per heavy atom. The molecule has 1 atom stereocenters. The minimum atomic E-state index is -3.61. The van der Waals surface area contributed by atoms with E-state index in [1.807, 2.05) is 25.1 Å². The van der Waals surface area contributed by atoms with Gasteiger partial charge in [0.1, 0.15) is 6.04 Å². The van der Waals surface area contributed by atoms with Crippen molar-refractivity contribution in [3.63, 3.8) is 0 Å². The van der Waals surface area contributed by atoms with Crippen LogP contribution in [-0.4, -0.2) is 44.6 Å². The van der Waals surface area contributed by atoms with Gasteiger partial charge in [-0.2, -0.15) is 0 Å².